The predicted octanol–water partition coefficient (Wildman–Crippen LogP) is 3.46. The van der Waals surface area contributed by atoms with Crippen LogP contribution in [0.4, 0.5) is 5.13 Å². The third kappa shape index (κ3) is 3.00. The molecule has 1 aromatic heterocycles. The van der Waals surface area contributed by atoms with Crippen molar-refractivity contribution in [2.45, 2.75) is 50.3 Å². The van der Waals surface area contributed by atoms with Crippen LogP contribution in [-0.4, -0.2) is 35.6 Å². The molecule has 1 fully saturated rings. The van der Waals surface area contributed by atoms with Gasteiger partial charge in [0.05, 0.1) is 11.7 Å². The topological polar surface area (TPSA) is 28.2 Å². The second-order valence-corrected chi connectivity index (χ2v) is 9.25. The fourth-order valence-corrected chi connectivity index (χ4v) is 5.35. The molecule has 0 spiro atoms. The zero-order valence-corrected chi connectivity index (χ0v) is 14.4. The Morgan fingerprint density at radius 3 is 3.00 bits per heavy atom. The van der Waals surface area contributed by atoms with Gasteiger partial charge in [0.2, 0.25) is 0 Å². The monoisotopic (exact) mass is 311 g/mol. The molecule has 3 nitrogen and oxygen atoms in total. The van der Waals surface area contributed by atoms with Crippen LogP contribution in [0.2, 0.25) is 0 Å². The number of aryl methyl sites for hydroxylation is 1. The second kappa shape index (κ2) is 5.85. The number of nitrogens with one attached hydrogen (secondary N) is 1. The van der Waals surface area contributed by atoms with Crippen molar-refractivity contribution >= 4 is 28.2 Å². The summed E-state index contributed by atoms with van der Waals surface area (Å²) < 4.78 is 0.416. The van der Waals surface area contributed by atoms with Crippen LogP contribution in [0.25, 0.3) is 0 Å². The first-order chi connectivity index (χ1) is 9.59. The molecular formula is C15H25N3S2. The summed E-state index contributed by atoms with van der Waals surface area (Å²) in [6.45, 7) is 7.03. The normalized spacial score (nSPS) is 26.1. The van der Waals surface area contributed by atoms with Crippen molar-refractivity contribution < 1.29 is 0 Å². The lowest BCUT2D eigenvalue weighted by atomic mass is 9.98. The van der Waals surface area contributed by atoms with Gasteiger partial charge in [0.1, 0.15) is 0 Å². The molecule has 1 aliphatic heterocycles. The van der Waals surface area contributed by atoms with Gasteiger partial charge in [-0.25, -0.2) is 4.98 Å². The maximum Gasteiger partial charge on any atom is 0.185 e. The van der Waals surface area contributed by atoms with E-state index in [-0.39, 0.29) is 0 Å². The Bertz CT molecular complexity index is 470. The predicted molar refractivity (Wildman–Crippen MR) is 90.2 cm³/mol. The van der Waals surface area contributed by atoms with Gasteiger partial charge in [0.25, 0.3) is 0 Å². The van der Waals surface area contributed by atoms with Crippen LogP contribution < -0.4 is 10.2 Å². The van der Waals surface area contributed by atoms with Crippen LogP contribution in [0.1, 0.15) is 49.7 Å². The first-order valence-corrected chi connectivity index (χ1v) is 9.45. The van der Waals surface area contributed by atoms with Gasteiger partial charge in [0, 0.05) is 28.5 Å². The van der Waals surface area contributed by atoms with Gasteiger partial charge in [-0.05, 0) is 32.7 Å². The van der Waals surface area contributed by atoms with Crippen molar-refractivity contribution in [2.24, 2.45) is 0 Å². The molecule has 2 aliphatic rings. The van der Waals surface area contributed by atoms with Gasteiger partial charge in [-0.15, -0.1) is 11.3 Å². The van der Waals surface area contributed by atoms with E-state index in [2.05, 4.69) is 42.9 Å². The number of anilines is 1. The lowest BCUT2D eigenvalue weighted by Gasteiger charge is -2.22. The summed E-state index contributed by atoms with van der Waals surface area (Å²) in [6.07, 6.45) is 5.00. The molecule has 112 valence electrons. The third-order valence-electron chi connectivity index (χ3n) is 4.40. The van der Waals surface area contributed by atoms with E-state index in [9.17, 15) is 0 Å². The van der Waals surface area contributed by atoms with Gasteiger partial charge in [-0.3, -0.25) is 0 Å². The number of hydrogen-bond donors (Lipinski definition) is 1. The summed E-state index contributed by atoms with van der Waals surface area (Å²) in [5, 5.41) is 4.68. The van der Waals surface area contributed by atoms with E-state index in [0.717, 1.165) is 13.1 Å². The molecule has 0 amide bonds. The first kappa shape index (κ1) is 14.7. The molecule has 3 rings (SSSR count). The minimum atomic E-state index is 0.416. The molecule has 1 saturated heterocycles. The average Bonchev–Trinajstić information content (AvgIpc) is 2.77. The quantitative estimate of drug-likeness (QED) is 0.905. The standard InChI is InChI=1S/C15H25N3S2/c1-15(2)7-8-18(9-10-19-15)14-17-13-11(16-3)5-4-6-12(13)20-14/h11,16H,4-10H2,1-3H3. The highest BCUT2D eigenvalue weighted by Crippen LogP contribution is 2.38. The van der Waals surface area contributed by atoms with E-state index < -0.39 is 0 Å². The molecule has 0 bridgehead atoms. The highest BCUT2D eigenvalue weighted by molar-refractivity contribution is 8.00. The fourth-order valence-electron chi connectivity index (χ4n) is 3.03. The summed E-state index contributed by atoms with van der Waals surface area (Å²) >= 11 is 4.04. The lowest BCUT2D eigenvalue weighted by Crippen LogP contribution is -2.27. The van der Waals surface area contributed by atoms with Crippen LogP contribution in [-0.2, 0) is 6.42 Å². The molecular weight excluding hydrogens is 286 g/mol. The van der Waals surface area contributed by atoms with Gasteiger partial charge in [0.15, 0.2) is 5.13 Å². The highest BCUT2D eigenvalue weighted by Gasteiger charge is 2.28. The molecule has 0 saturated carbocycles. The Kier molecular flexibility index (Phi) is 4.29. The zero-order valence-electron chi connectivity index (χ0n) is 12.7. The van der Waals surface area contributed by atoms with E-state index in [1.54, 1.807) is 0 Å². The smallest absolute Gasteiger partial charge is 0.185 e. The molecule has 2 heterocycles. The van der Waals surface area contributed by atoms with E-state index >= 15 is 0 Å². The number of aromatic nitrogens is 1. The largest absolute Gasteiger partial charge is 0.347 e. The van der Waals surface area contributed by atoms with E-state index in [0.29, 0.717) is 10.8 Å². The van der Waals surface area contributed by atoms with E-state index in [4.69, 9.17) is 4.98 Å². The summed E-state index contributed by atoms with van der Waals surface area (Å²) in [5.41, 5.74) is 1.33. The number of hydrogen-bond acceptors (Lipinski definition) is 5. The van der Waals surface area contributed by atoms with Crippen molar-refractivity contribution in [3.63, 3.8) is 0 Å². The molecule has 20 heavy (non-hydrogen) atoms. The Balaban J connectivity index is 1.79. The van der Waals surface area contributed by atoms with Gasteiger partial charge >= 0.3 is 0 Å². The number of thiazole rings is 1. The maximum absolute atomic E-state index is 4.99. The Labute approximate surface area is 130 Å². The first-order valence-electron chi connectivity index (χ1n) is 7.65. The zero-order chi connectivity index (χ0) is 14.2. The van der Waals surface area contributed by atoms with Crippen LogP contribution in [0.5, 0.6) is 0 Å². The minimum Gasteiger partial charge on any atom is -0.347 e. The number of thioether (sulfide) groups is 1. The van der Waals surface area contributed by atoms with Gasteiger partial charge in [-0.1, -0.05) is 13.8 Å². The Morgan fingerprint density at radius 2 is 2.20 bits per heavy atom. The average molecular weight is 312 g/mol. The van der Waals surface area contributed by atoms with Crippen molar-refractivity contribution in [1.82, 2.24) is 10.3 Å². The highest BCUT2D eigenvalue weighted by atomic mass is 32.2. The maximum atomic E-state index is 4.99. The molecule has 5 heteroatoms. The molecule has 1 aromatic rings. The van der Waals surface area contributed by atoms with Crippen molar-refractivity contribution in [2.75, 3.05) is 30.8 Å². The van der Waals surface area contributed by atoms with Crippen molar-refractivity contribution in [1.29, 1.82) is 0 Å². The molecule has 1 N–H and O–H groups in total. The van der Waals surface area contributed by atoms with Crippen LogP contribution in [0, 0.1) is 0 Å². The molecule has 1 aliphatic carbocycles. The third-order valence-corrected chi connectivity index (χ3v) is 6.96. The second-order valence-electron chi connectivity index (χ2n) is 6.38. The van der Waals surface area contributed by atoms with Crippen LogP contribution >= 0.6 is 23.1 Å². The minimum absolute atomic E-state index is 0.416. The van der Waals surface area contributed by atoms with Gasteiger partial charge < -0.3 is 10.2 Å². The summed E-state index contributed by atoms with van der Waals surface area (Å²) in [5.74, 6) is 1.21. The van der Waals surface area contributed by atoms with Crippen LogP contribution in [0.15, 0.2) is 0 Å². The van der Waals surface area contributed by atoms with Crippen molar-refractivity contribution in [3.8, 4) is 0 Å². The van der Waals surface area contributed by atoms with Crippen LogP contribution in [0.3, 0.4) is 0 Å². The van der Waals surface area contributed by atoms with Gasteiger partial charge in [-0.2, -0.15) is 11.8 Å². The van der Waals surface area contributed by atoms with E-state index in [1.165, 1.54) is 47.1 Å². The fraction of sp³-hybridized carbons (Fsp3) is 0.800. The molecule has 0 radical (unpaired) electrons. The summed E-state index contributed by atoms with van der Waals surface area (Å²) in [4.78, 5) is 9.02. The molecule has 1 unspecified atom stereocenters. The van der Waals surface area contributed by atoms with Crippen molar-refractivity contribution in [3.05, 3.63) is 10.6 Å². The molecule has 0 aromatic carbocycles. The summed E-state index contributed by atoms with van der Waals surface area (Å²) in [6, 6.07) is 0.474. The number of nitrogens with zero attached hydrogens (tertiary/aromatic N) is 2. The molecule has 1 atom stereocenters. The lowest BCUT2D eigenvalue weighted by molar-refractivity contribution is 0.489. The Morgan fingerprint density at radius 1 is 1.35 bits per heavy atom. The number of rotatable bonds is 2. The summed E-state index contributed by atoms with van der Waals surface area (Å²) in [7, 11) is 2.06. The SMILES string of the molecule is CNC1CCCc2sc(N3CCSC(C)(C)CC3)nc21. The van der Waals surface area contributed by atoms with E-state index in [1.807, 2.05) is 11.3 Å². The number of fused-ring (bicyclic) bond motifs is 1. The Hall–Kier alpha value is -0.260.